The number of aromatic nitrogens is 1. The van der Waals surface area contributed by atoms with Crippen LogP contribution in [0.15, 0.2) is 18.3 Å². The van der Waals surface area contributed by atoms with Gasteiger partial charge in [0.15, 0.2) is 5.79 Å². The molecule has 2 heterocycles. The number of nitrogens with two attached hydrogens (primary N) is 1. The van der Waals surface area contributed by atoms with E-state index in [9.17, 15) is 0 Å². The lowest BCUT2D eigenvalue weighted by atomic mass is 10.1. The Labute approximate surface area is 89.4 Å². The summed E-state index contributed by atoms with van der Waals surface area (Å²) in [6.45, 7) is 5.79. The normalized spacial score (nSPS) is 29.3. The topological polar surface area (TPSA) is 57.4 Å². The molecule has 1 saturated heterocycles. The van der Waals surface area contributed by atoms with Crippen molar-refractivity contribution in [2.24, 2.45) is 0 Å². The number of hydrogen-bond donors (Lipinski definition) is 1. The molecule has 0 aliphatic carbocycles. The Kier molecular flexibility index (Phi) is 2.40. The summed E-state index contributed by atoms with van der Waals surface area (Å²) in [4.78, 5) is 4.25. The summed E-state index contributed by atoms with van der Waals surface area (Å²) in [5, 5.41) is 0. The van der Waals surface area contributed by atoms with Crippen LogP contribution in [0.1, 0.15) is 32.6 Å². The van der Waals surface area contributed by atoms with Gasteiger partial charge in [-0.05, 0) is 32.9 Å². The predicted molar refractivity (Wildman–Crippen MR) is 57.1 cm³/mol. The first-order chi connectivity index (χ1) is 6.98. The molecule has 1 fully saturated rings. The molecule has 0 spiro atoms. The van der Waals surface area contributed by atoms with Crippen LogP contribution in [-0.2, 0) is 9.47 Å². The minimum Gasteiger partial charge on any atom is -0.397 e. The van der Waals surface area contributed by atoms with Crippen molar-refractivity contribution in [1.29, 1.82) is 0 Å². The lowest BCUT2D eigenvalue weighted by Gasteiger charge is -2.16. The molecule has 1 aromatic rings. The third-order valence-electron chi connectivity index (χ3n) is 2.41. The van der Waals surface area contributed by atoms with Gasteiger partial charge in [0, 0.05) is 0 Å². The number of pyridine rings is 1. The lowest BCUT2D eigenvalue weighted by Crippen LogP contribution is -2.20. The molecule has 2 N–H and O–H groups in total. The maximum absolute atomic E-state index is 5.76. The van der Waals surface area contributed by atoms with E-state index in [1.54, 1.807) is 6.20 Å². The SMILES string of the molecule is C[C@H]1OC(C)(C)O[C@@H]1c1ccc(N)cn1. The first kappa shape index (κ1) is 10.4. The quantitative estimate of drug-likeness (QED) is 0.765. The predicted octanol–water partition coefficient (Wildman–Crippen LogP) is 1.88. The highest BCUT2D eigenvalue weighted by atomic mass is 16.7. The van der Waals surface area contributed by atoms with Crippen molar-refractivity contribution in [2.75, 3.05) is 5.73 Å². The number of ether oxygens (including phenoxy) is 2. The Balaban J connectivity index is 2.21. The van der Waals surface area contributed by atoms with Crippen LogP contribution in [-0.4, -0.2) is 16.9 Å². The Bertz CT molecular complexity index is 348. The standard InChI is InChI=1S/C11H16N2O2/c1-7-10(15-11(2,3)14-7)9-5-4-8(12)6-13-9/h4-7,10H,12H2,1-3H3/t7-,10+/m1/s1. The summed E-state index contributed by atoms with van der Waals surface area (Å²) < 4.78 is 11.4. The van der Waals surface area contributed by atoms with Gasteiger partial charge in [0.25, 0.3) is 0 Å². The highest BCUT2D eigenvalue weighted by Crippen LogP contribution is 2.37. The number of nitrogens with zero attached hydrogens (tertiary/aromatic N) is 1. The summed E-state index contributed by atoms with van der Waals surface area (Å²) in [6.07, 6.45) is 1.54. The van der Waals surface area contributed by atoms with Crippen LogP contribution in [0.4, 0.5) is 5.69 Å². The largest absolute Gasteiger partial charge is 0.397 e. The Morgan fingerprint density at radius 2 is 2.07 bits per heavy atom. The number of anilines is 1. The maximum atomic E-state index is 5.76. The van der Waals surface area contributed by atoms with Gasteiger partial charge in [0.05, 0.1) is 23.7 Å². The molecule has 0 aromatic carbocycles. The smallest absolute Gasteiger partial charge is 0.164 e. The molecule has 1 aliphatic heterocycles. The minimum atomic E-state index is -0.535. The number of rotatable bonds is 1. The molecule has 2 atom stereocenters. The Hall–Kier alpha value is -1.13. The van der Waals surface area contributed by atoms with Gasteiger partial charge in [0.2, 0.25) is 0 Å². The second kappa shape index (κ2) is 3.47. The summed E-state index contributed by atoms with van der Waals surface area (Å²) >= 11 is 0. The highest BCUT2D eigenvalue weighted by molar-refractivity contribution is 5.35. The first-order valence-corrected chi connectivity index (χ1v) is 5.05. The van der Waals surface area contributed by atoms with Crippen molar-refractivity contribution in [2.45, 2.75) is 38.8 Å². The lowest BCUT2D eigenvalue weighted by molar-refractivity contribution is -0.145. The Morgan fingerprint density at radius 1 is 1.33 bits per heavy atom. The fourth-order valence-electron chi connectivity index (χ4n) is 1.82. The molecule has 0 bridgehead atoms. The fourth-order valence-corrected chi connectivity index (χ4v) is 1.82. The van der Waals surface area contributed by atoms with E-state index >= 15 is 0 Å². The van der Waals surface area contributed by atoms with Crippen molar-refractivity contribution in [3.05, 3.63) is 24.0 Å². The Morgan fingerprint density at radius 3 is 2.53 bits per heavy atom. The molecule has 4 heteroatoms. The van der Waals surface area contributed by atoms with Gasteiger partial charge < -0.3 is 15.2 Å². The molecule has 2 rings (SSSR count). The van der Waals surface area contributed by atoms with Crippen LogP contribution in [0.3, 0.4) is 0 Å². The molecule has 0 unspecified atom stereocenters. The molecule has 0 radical (unpaired) electrons. The van der Waals surface area contributed by atoms with E-state index in [0.29, 0.717) is 5.69 Å². The fraction of sp³-hybridized carbons (Fsp3) is 0.545. The van der Waals surface area contributed by atoms with E-state index in [0.717, 1.165) is 5.69 Å². The van der Waals surface area contributed by atoms with Crippen molar-refractivity contribution >= 4 is 5.69 Å². The van der Waals surface area contributed by atoms with Gasteiger partial charge in [-0.2, -0.15) is 0 Å². The zero-order valence-electron chi connectivity index (χ0n) is 9.23. The summed E-state index contributed by atoms with van der Waals surface area (Å²) in [6, 6.07) is 3.70. The first-order valence-electron chi connectivity index (χ1n) is 5.05. The van der Waals surface area contributed by atoms with Crippen LogP contribution in [0.25, 0.3) is 0 Å². The third-order valence-corrected chi connectivity index (χ3v) is 2.41. The molecular formula is C11H16N2O2. The van der Waals surface area contributed by atoms with E-state index in [-0.39, 0.29) is 12.2 Å². The molecule has 1 aliphatic rings. The molecule has 1 aromatic heterocycles. The summed E-state index contributed by atoms with van der Waals surface area (Å²) in [5.41, 5.74) is 7.10. The average molecular weight is 208 g/mol. The van der Waals surface area contributed by atoms with Gasteiger partial charge >= 0.3 is 0 Å². The van der Waals surface area contributed by atoms with Crippen LogP contribution in [0, 0.1) is 0 Å². The van der Waals surface area contributed by atoms with Crippen LogP contribution >= 0.6 is 0 Å². The van der Waals surface area contributed by atoms with Gasteiger partial charge in [-0.25, -0.2) is 0 Å². The summed E-state index contributed by atoms with van der Waals surface area (Å²) in [7, 11) is 0. The van der Waals surface area contributed by atoms with Crippen LogP contribution in [0.5, 0.6) is 0 Å². The van der Waals surface area contributed by atoms with Crippen molar-refractivity contribution in [3.63, 3.8) is 0 Å². The highest BCUT2D eigenvalue weighted by Gasteiger charge is 2.40. The number of nitrogen functional groups attached to an aromatic ring is 1. The van der Waals surface area contributed by atoms with E-state index in [1.807, 2.05) is 32.9 Å². The van der Waals surface area contributed by atoms with Crippen LogP contribution in [0.2, 0.25) is 0 Å². The van der Waals surface area contributed by atoms with Crippen molar-refractivity contribution in [1.82, 2.24) is 4.98 Å². The second-order valence-corrected chi connectivity index (χ2v) is 4.28. The minimum absolute atomic E-state index is 0.0103. The summed E-state index contributed by atoms with van der Waals surface area (Å²) in [5.74, 6) is -0.535. The van der Waals surface area contributed by atoms with Crippen molar-refractivity contribution < 1.29 is 9.47 Å². The van der Waals surface area contributed by atoms with Gasteiger partial charge in [-0.3, -0.25) is 4.98 Å². The molecule has 0 amide bonds. The average Bonchev–Trinajstić information content (AvgIpc) is 2.41. The molecule has 82 valence electrons. The second-order valence-electron chi connectivity index (χ2n) is 4.28. The van der Waals surface area contributed by atoms with Crippen molar-refractivity contribution in [3.8, 4) is 0 Å². The van der Waals surface area contributed by atoms with E-state index in [4.69, 9.17) is 15.2 Å². The van der Waals surface area contributed by atoms with Gasteiger partial charge in [0.1, 0.15) is 6.10 Å². The maximum Gasteiger partial charge on any atom is 0.164 e. The third kappa shape index (κ3) is 2.11. The zero-order valence-corrected chi connectivity index (χ0v) is 9.23. The van der Waals surface area contributed by atoms with E-state index < -0.39 is 5.79 Å². The van der Waals surface area contributed by atoms with E-state index in [2.05, 4.69) is 4.98 Å². The van der Waals surface area contributed by atoms with E-state index in [1.165, 1.54) is 0 Å². The molecular weight excluding hydrogens is 192 g/mol. The monoisotopic (exact) mass is 208 g/mol. The van der Waals surface area contributed by atoms with Gasteiger partial charge in [-0.15, -0.1) is 0 Å². The molecule has 15 heavy (non-hydrogen) atoms. The number of hydrogen-bond acceptors (Lipinski definition) is 4. The molecule has 0 saturated carbocycles. The van der Waals surface area contributed by atoms with Crippen LogP contribution < -0.4 is 5.73 Å². The zero-order chi connectivity index (χ0) is 11.1. The van der Waals surface area contributed by atoms with Gasteiger partial charge in [-0.1, -0.05) is 0 Å². The molecule has 4 nitrogen and oxygen atoms in total.